The van der Waals surface area contributed by atoms with Crippen molar-refractivity contribution in [1.29, 1.82) is 0 Å². The first-order valence-electron chi connectivity index (χ1n) is 9.17. The largest absolute Gasteiger partial charge is 0.494 e. The number of para-hydroxylation sites is 2. The molecular weight excluding hydrogens is 356 g/mol. The van der Waals surface area contributed by atoms with Crippen molar-refractivity contribution in [2.75, 3.05) is 19.8 Å². The molecular formula is C22H22N2O4. The Balaban J connectivity index is 1.40. The maximum Gasteiger partial charge on any atom is 0.330 e. The summed E-state index contributed by atoms with van der Waals surface area (Å²) in [5, 5.41) is 0. The molecule has 0 radical (unpaired) electrons. The van der Waals surface area contributed by atoms with Crippen LogP contribution in [0.2, 0.25) is 0 Å². The third-order valence-corrected chi connectivity index (χ3v) is 3.75. The summed E-state index contributed by atoms with van der Waals surface area (Å²) in [7, 11) is 0. The number of hydrogen-bond acceptors (Lipinski definition) is 6. The van der Waals surface area contributed by atoms with Crippen LogP contribution in [-0.2, 0) is 9.53 Å². The van der Waals surface area contributed by atoms with Crippen LogP contribution in [0.25, 0.3) is 17.1 Å². The lowest BCUT2D eigenvalue weighted by Gasteiger charge is -2.08. The number of benzene rings is 2. The predicted octanol–water partition coefficient (Wildman–Crippen LogP) is 4.05. The number of esters is 1. The van der Waals surface area contributed by atoms with Crippen molar-refractivity contribution >= 4 is 23.1 Å². The van der Waals surface area contributed by atoms with E-state index in [2.05, 4.69) is 16.9 Å². The molecule has 0 aliphatic carbocycles. The topological polar surface area (TPSA) is 70.5 Å². The van der Waals surface area contributed by atoms with Gasteiger partial charge in [-0.15, -0.1) is 0 Å². The van der Waals surface area contributed by atoms with Crippen LogP contribution in [0, 0.1) is 0 Å². The Bertz CT molecular complexity index is 939. The molecule has 0 saturated heterocycles. The zero-order valence-electron chi connectivity index (χ0n) is 15.7. The maximum atomic E-state index is 11.8. The van der Waals surface area contributed by atoms with Crippen LogP contribution in [-0.4, -0.2) is 35.8 Å². The molecule has 1 heterocycles. The molecule has 0 unspecified atom stereocenters. The summed E-state index contributed by atoms with van der Waals surface area (Å²) in [6, 6.07) is 14.9. The number of carbonyl (C=O) groups excluding carboxylic acids is 1. The van der Waals surface area contributed by atoms with Crippen LogP contribution in [0.3, 0.4) is 0 Å². The van der Waals surface area contributed by atoms with Gasteiger partial charge in [-0.1, -0.05) is 19.1 Å². The number of ether oxygens (including phenoxy) is 3. The maximum absolute atomic E-state index is 11.8. The fourth-order valence-electron chi connectivity index (χ4n) is 2.41. The van der Waals surface area contributed by atoms with Gasteiger partial charge in [0.25, 0.3) is 0 Å². The number of rotatable bonds is 9. The minimum Gasteiger partial charge on any atom is -0.494 e. The van der Waals surface area contributed by atoms with E-state index in [1.54, 1.807) is 12.3 Å². The molecule has 3 aromatic rings. The van der Waals surface area contributed by atoms with Crippen molar-refractivity contribution in [3.63, 3.8) is 0 Å². The first-order chi connectivity index (χ1) is 13.7. The summed E-state index contributed by atoms with van der Waals surface area (Å²) in [5.74, 6) is 1.05. The highest BCUT2D eigenvalue weighted by Crippen LogP contribution is 2.17. The van der Waals surface area contributed by atoms with Crippen molar-refractivity contribution in [3.8, 4) is 11.5 Å². The molecule has 3 rings (SSSR count). The summed E-state index contributed by atoms with van der Waals surface area (Å²) in [6.45, 7) is 3.17. The van der Waals surface area contributed by atoms with Gasteiger partial charge in [0.2, 0.25) is 0 Å². The first kappa shape index (κ1) is 19.4. The Morgan fingerprint density at radius 1 is 0.929 bits per heavy atom. The Morgan fingerprint density at radius 2 is 1.61 bits per heavy atom. The monoisotopic (exact) mass is 378 g/mol. The molecule has 1 aromatic heterocycles. The van der Waals surface area contributed by atoms with Gasteiger partial charge in [0.15, 0.2) is 0 Å². The predicted molar refractivity (Wildman–Crippen MR) is 107 cm³/mol. The van der Waals surface area contributed by atoms with Gasteiger partial charge in [-0.2, -0.15) is 0 Å². The van der Waals surface area contributed by atoms with Gasteiger partial charge < -0.3 is 14.2 Å². The van der Waals surface area contributed by atoms with E-state index in [9.17, 15) is 4.79 Å². The number of carbonyl (C=O) groups is 1. The van der Waals surface area contributed by atoms with Crippen LogP contribution in [0.4, 0.5) is 0 Å². The van der Waals surface area contributed by atoms with Crippen LogP contribution >= 0.6 is 0 Å². The molecule has 0 fully saturated rings. The molecule has 0 atom stereocenters. The van der Waals surface area contributed by atoms with E-state index >= 15 is 0 Å². The quantitative estimate of drug-likeness (QED) is 0.318. The molecule has 6 heteroatoms. The minimum atomic E-state index is -0.457. The van der Waals surface area contributed by atoms with Crippen LogP contribution in [0.5, 0.6) is 11.5 Å². The normalized spacial score (nSPS) is 10.9. The van der Waals surface area contributed by atoms with Crippen molar-refractivity contribution in [2.45, 2.75) is 13.3 Å². The number of aromatic nitrogens is 2. The highest BCUT2D eigenvalue weighted by atomic mass is 16.6. The molecule has 2 aromatic carbocycles. The zero-order chi connectivity index (χ0) is 19.6. The van der Waals surface area contributed by atoms with Gasteiger partial charge in [-0.05, 0) is 48.9 Å². The molecule has 6 nitrogen and oxygen atoms in total. The van der Waals surface area contributed by atoms with E-state index < -0.39 is 5.97 Å². The van der Waals surface area contributed by atoms with E-state index in [-0.39, 0.29) is 13.2 Å². The van der Waals surface area contributed by atoms with E-state index in [0.717, 1.165) is 23.2 Å². The van der Waals surface area contributed by atoms with Crippen LogP contribution in [0.15, 0.2) is 60.8 Å². The summed E-state index contributed by atoms with van der Waals surface area (Å²) < 4.78 is 16.2. The van der Waals surface area contributed by atoms with Crippen LogP contribution in [0.1, 0.15) is 19.0 Å². The fraction of sp³-hybridized carbons (Fsp3) is 0.227. The van der Waals surface area contributed by atoms with Gasteiger partial charge in [0.05, 0.1) is 29.5 Å². The van der Waals surface area contributed by atoms with Crippen LogP contribution < -0.4 is 9.47 Å². The number of nitrogens with zero attached hydrogens (tertiary/aromatic N) is 2. The third-order valence-electron chi connectivity index (χ3n) is 3.75. The molecule has 144 valence electrons. The van der Waals surface area contributed by atoms with Gasteiger partial charge in [-0.3, -0.25) is 4.98 Å². The Labute approximate surface area is 163 Å². The Morgan fingerprint density at radius 3 is 2.32 bits per heavy atom. The lowest BCUT2D eigenvalue weighted by molar-refractivity contribution is -0.138. The standard InChI is InChI=1S/C22H22N2O4/c1-2-13-26-18-8-10-19(11-9-18)27-14-15-28-22(25)12-7-17-16-23-20-5-3-4-6-21(20)24-17/h3-12,16H,2,13-15H2,1H3/b12-7+. The smallest absolute Gasteiger partial charge is 0.330 e. The molecule has 0 aliphatic heterocycles. The van der Waals surface area contributed by atoms with Gasteiger partial charge in [0.1, 0.15) is 24.7 Å². The third kappa shape index (κ3) is 5.81. The van der Waals surface area contributed by atoms with Crippen molar-refractivity contribution < 1.29 is 19.0 Å². The van der Waals surface area contributed by atoms with Crippen molar-refractivity contribution in [3.05, 3.63) is 66.5 Å². The summed E-state index contributed by atoms with van der Waals surface area (Å²) in [6.07, 6.45) is 5.49. The molecule has 0 amide bonds. The SMILES string of the molecule is CCCOc1ccc(OCCOC(=O)/C=C/c2cnc3ccccc3n2)cc1. The van der Waals surface area contributed by atoms with Gasteiger partial charge >= 0.3 is 5.97 Å². The molecule has 28 heavy (non-hydrogen) atoms. The molecule has 0 aliphatic rings. The molecule has 0 bridgehead atoms. The summed E-state index contributed by atoms with van der Waals surface area (Å²) in [5.41, 5.74) is 2.18. The Hall–Kier alpha value is -3.41. The highest BCUT2D eigenvalue weighted by Gasteiger charge is 2.01. The molecule has 0 saturated carbocycles. The van der Waals surface area contributed by atoms with Crippen molar-refractivity contribution in [2.24, 2.45) is 0 Å². The lowest BCUT2D eigenvalue weighted by atomic mass is 10.3. The minimum absolute atomic E-state index is 0.153. The van der Waals surface area contributed by atoms with E-state index in [1.807, 2.05) is 48.5 Å². The van der Waals surface area contributed by atoms with Gasteiger partial charge in [-0.25, -0.2) is 9.78 Å². The summed E-state index contributed by atoms with van der Waals surface area (Å²) in [4.78, 5) is 20.5. The second kappa shape index (κ2) is 10.1. The second-order valence-corrected chi connectivity index (χ2v) is 5.95. The Kier molecular flexibility index (Phi) is 6.95. The zero-order valence-corrected chi connectivity index (χ0v) is 15.7. The highest BCUT2D eigenvalue weighted by molar-refractivity contribution is 5.87. The van der Waals surface area contributed by atoms with Gasteiger partial charge in [0, 0.05) is 6.08 Å². The number of hydrogen-bond donors (Lipinski definition) is 0. The van der Waals surface area contributed by atoms with E-state index in [1.165, 1.54) is 6.08 Å². The molecule has 0 N–H and O–H groups in total. The summed E-state index contributed by atoms with van der Waals surface area (Å²) >= 11 is 0. The second-order valence-electron chi connectivity index (χ2n) is 5.95. The fourth-order valence-corrected chi connectivity index (χ4v) is 2.41. The first-order valence-corrected chi connectivity index (χ1v) is 9.17. The average molecular weight is 378 g/mol. The average Bonchev–Trinajstić information content (AvgIpc) is 2.74. The lowest BCUT2D eigenvalue weighted by Crippen LogP contribution is -2.10. The molecule has 0 spiro atoms. The number of fused-ring (bicyclic) bond motifs is 1. The van der Waals surface area contributed by atoms with Crippen molar-refractivity contribution in [1.82, 2.24) is 9.97 Å². The van der Waals surface area contributed by atoms with E-state index in [0.29, 0.717) is 18.1 Å². The van der Waals surface area contributed by atoms with E-state index in [4.69, 9.17) is 14.2 Å².